The van der Waals surface area contributed by atoms with E-state index < -0.39 is 0 Å². The van der Waals surface area contributed by atoms with Gasteiger partial charge in [0, 0.05) is 12.6 Å². The van der Waals surface area contributed by atoms with Gasteiger partial charge in [0.25, 0.3) is 0 Å². The lowest BCUT2D eigenvalue weighted by Crippen LogP contribution is -2.28. The van der Waals surface area contributed by atoms with Crippen molar-refractivity contribution in [2.45, 2.75) is 38.8 Å². The second kappa shape index (κ2) is 3.35. The predicted molar refractivity (Wildman–Crippen MR) is 41.9 cm³/mol. The SMILES string of the molecule is CCC1CC(O)CN1CC. The predicted octanol–water partition coefficient (Wildman–Crippen LogP) is 0.851. The summed E-state index contributed by atoms with van der Waals surface area (Å²) < 4.78 is 0. The summed E-state index contributed by atoms with van der Waals surface area (Å²) in [6, 6.07) is 0.639. The Bertz CT molecular complexity index is 93.4. The van der Waals surface area contributed by atoms with Crippen LogP contribution in [0.5, 0.6) is 0 Å². The molecule has 2 heteroatoms. The lowest BCUT2D eigenvalue weighted by atomic mass is 10.1. The molecule has 1 rings (SSSR count). The molecule has 1 aliphatic heterocycles. The molecule has 0 saturated carbocycles. The molecule has 0 aliphatic carbocycles. The molecule has 1 saturated heterocycles. The number of hydrogen-bond acceptors (Lipinski definition) is 2. The van der Waals surface area contributed by atoms with Gasteiger partial charge in [-0.3, -0.25) is 4.90 Å². The van der Waals surface area contributed by atoms with E-state index in [0.717, 1.165) is 19.5 Å². The molecule has 1 aliphatic rings. The molecule has 0 aromatic heterocycles. The minimum Gasteiger partial charge on any atom is -0.392 e. The first-order valence-electron chi connectivity index (χ1n) is 4.20. The average molecular weight is 143 g/mol. The minimum atomic E-state index is -0.0649. The van der Waals surface area contributed by atoms with Crippen LogP contribution in [0.1, 0.15) is 26.7 Å². The van der Waals surface area contributed by atoms with Gasteiger partial charge in [0.05, 0.1) is 6.10 Å². The summed E-state index contributed by atoms with van der Waals surface area (Å²) in [6.45, 7) is 6.30. The molecule has 0 aromatic rings. The Morgan fingerprint density at radius 3 is 2.60 bits per heavy atom. The van der Waals surface area contributed by atoms with E-state index in [-0.39, 0.29) is 6.10 Å². The van der Waals surface area contributed by atoms with E-state index in [0.29, 0.717) is 6.04 Å². The zero-order chi connectivity index (χ0) is 7.56. The Kier molecular flexibility index (Phi) is 2.69. The van der Waals surface area contributed by atoms with Gasteiger partial charge in [0.1, 0.15) is 0 Å². The van der Waals surface area contributed by atoms with Crippen LogP contribution in [0.15, 0.2) is 0 Å². The van der Waals surface area contributed by atoms with Crippen LogP contribution < -0.4 is 0 Å². The summed E-state index contributed by atoms with van der Waals surface area (Å²) in [5, 5.41) is 9.29. The Hall–Kier alpha value is -0.0800. The highest BCUT2D eigenvalue weighted by Gasteiger charge is 2.27. The van der Waals surface area contributed by atoms with Gasteiger partial charge in [0.15, 0.2) is 0 Å². The van der Waals surface area contributed by atoms with E-state index in [1.165, 1.54) is 6.42 Å². The van der Waals surface area contributed by atoms with Crippen molar-refractivity contribution in [2.24, 2.45) is 0 Å². The number of nitrogens with zero attached hydrogens (tertiary/aromatic N) is 1. The molecule has 0 aromatic carbocycles. The molecule has 60 valence electrons. The summed E-state index contributed by atoms with van der Waals surface area (Å²) in [4.78, 5) is 2.35. The normalized spacial score (nSPS) is 35.1. The van der Waals surface area contributed by atoms with Crippen LogP contribution in [-0.4, -0.2) is 35.2 Å². The lowest BCUT2D eigenvalue weighted by molar-refractivity contribution is 0.177. The van der Waals surface area contributed by atoms with Gasteiger partial charge in [-0.15, -0.1) is 0 Å². The Morgan fingerprint density at radius 2 is 2.20 bits per heavy atom. The maximum Gasteiger partial charge on any atom is 0.0682 e. The van der Waals surface area contributed by atoms with Crippen molar-refractivity contribution in [2.75, 3.05) is 13.1 Å². The minimum absolute atomic E-state index is 0.0649. The van der Waals surface area contributed by atoms with Gasteiger partial charge in [-0.25, -0.2) is 0 Å². The van der Waals surface area contributed by atoms with Gasteiger partial charge in [-0.2, -0.15) is 0 Å². The molecule has 1 N–H and O–H groups in total. The van der Waals surface area contributed by atoms with Gasteiger partial charge < -0.3 is 5.11 Å². The maximum absolute atomic E-state index is 9.29. The summed E-state index contributed by atoms with van der Waals surface area (Å²) in [6.07, 6.45) is 2.08. The second-order valence-corrected chi connectivity index (χ2v) is 3.04. The van der Waals surface area contributed by atoms with Crippen LogP contribution in [0.25, 0.3) is 0 Å². The van der Waals surface area contributed by atoms with Crippen LogP contribution in [0.4, 0.5) is 0 Å². The van der Waals surface area contributed by atoms with Crippen LogP contribution >= 0.6 is 0 Å². The lowest BCUT2D eigenvalue weighted by Gasteiger charge is -2.20. The molecule has 2 unspecified atom stereocenters. The van der Waals surface area contributed by atoms with Crippen LogP contribution in [0.2, 0.25) is 0 Å². The van der Waals surface area contributed by atoms with E-state index in [1.54, 1.807) is 0 Å². The first-order chi connectivity index (χ1) is 4.77. The third-order valence-electron chi connectivity index (χ3n) is 2.38. The summed E-state index contributed by atoms with van der Waals surface area (Å²) in [5.74, 6) is 0. The van der Waals surface area contributed by atoms with Crippen molar-refractivity contribution in [3.8, 4) is 0 Å². The molecule has 0 amide bonds. The first kappa shape index (κ1) is 8.02. The number of aliphatic hydroxyl groups excluding tert-OH is 1. The topological polar surface area (TPSA) is 23.5 Å². The van der Waals surface area contributed by atoms with Crippen molar-refractivity contribution < 1.29 is 5.11 Å². The molecule has 2 atom stereocenters. The number of likely N-dealkylation sites (tertiary alicyclic amines) is 1. The van der Waals surface area contributed by atoms with E-state index in [1.807, 2.05) is 0 Å². The number of hydrogen-bond donors (Lipinski definition) is 1. The number of β-amino-alcohol motifs (C(OH)–C–C–N with tert-alkyl or cyclic N) is 1. The zero-order valence-corrected chi connectivity index (χ0v) is 6.88. The smallest absolute Gasteiger partial charge is 0.0682 e. The van der Waals surface area contributed by atoms with Crippen molar-refractivity contribution in [1.29, 1.82) is 0 Å². The van der Waals surface area contributed by atoms with Gasteiger partial charge in [0.2, 0.25) is 0 Å². The Labute approximate surface area is 62.8 Å². The number of aliphatic hydroxyl groups is 1. The Morgan fingerprint density at radius 1 is 1.50 bits per heavy atom. The molecule has 1 heterocycles. The van der Waals surface area contributed by atoms with Crippen molar-refractivity contribution >= 4 is 0 Å². The van der Waals surface area contributed by atoms with Gasteiger partial charge in [-0.1, -0.05) is 13.8 Å². The summed E-state index contributed by atoms with van der Waals surface area (Å²) >= 11 is 0. The van der Waals surface area contributed by atoms with Crippen molar-refractivity contribution in [1.82, 2.24) is 4.90 Å². The van der Waals surface area contributed by atoms with Crippen LogP contribution in [-0.2, 0) is 0 Å². The van der Waals surface area contributed by atoms with Crippen molar-refractivity contribution in [3.05, 3.63) is 0 Å². The largest absolute Gasteiger partial charge is 0.392 e. The monoisotopic (exact) mass is 143 g/mol. The maximum atomic E-state index is 9.29. The molecule has 10 heavy (non-hydrogen) atoms. The highest BCUT2D eigenvalue weighted by atomic mass is 16.3. The fourth-order valence-corrected chi connectivity index (χ4v) is 1.77. The van der Waals surface area contributed by atoms with Crippen LogP contribution in [0.3, 0.4) is 0 Å². The molecule has 1 fully saturated rings. The number of likely N-dealkylation sites (N-methyl/N-ethyl adjacent to an activating group) is 1. The summed E-state index contributed by atoms with van der Waals surface area (Å²) in [7, 11) is 0. The van der Waals surface area contributed by atoms with E-state index >= 15 is 0 Å². The fourth-order valence-electron chi connectivity index (χ4n) is 1.77. The van der Waals surface area contributed by atoms with E-state index in [4.69, 9.17) is 0 Å². The third-order valence-corrected chi connectivity index (χ3v) is 2.38. The zero-order valence-electron chi connectivity index (χ0n) is 6.88. The molecular weight excluding hydrogens is 126 g/mol. The average Bonchev–Trinajstić information content (AvgIpc) is 2.30. The van der Waals surface area contributed by atoms with Crippen molar-refractivity contribution in [3.63, 3.8) is 0 Å². The van der Waals surface area contributed by atoms with Crippen LogP contribution in [0, 0.1) is 0 Å². The highest BCUT2D eigenvalue weighted by Crippen LogP contribution is 2.19. The number of rotatable bonds is 2. The Balaban J connectivity index is 2.41. The molecule has 2 nitrogen and oxygen atoms in total. The quantitative estimate of drug-likeness (QED) is 0.619. The third kappa shape index (κ3) is 1.50. The van der Waals surface area contributed by atoms with Gasteiger partial charge in [-0.05, 0) is 19.4 Å². The first-order valence-corrected chi connectivity index (χ1v) is 4.20. The fraction of sp³-hybridized carbons (Fsp3) is 1.00. The second-order valence-electron chi connectivity index (χ2n) is 3.04. The van der Waals surface area contributed by atoms with E-state index in [9.17, 15) is 5.11 Å². The molecular formula is C8H17NO. The highest BCUT2D eigenvalue weighted by molar-refractivity contribution is 4.82. The van der Waals surface area contributed by atoms with Gasteiger partial charge >= 0.3 is 0 Å². The molecule has 0 radical (unpaired) electrons. The standard InChI is InChI=1S/C8H17NO/c1-3-7-5-8(10)6-9(7)4-2/h7-8,10H,3-6H2,1-2H3. The molecule has 0 bridgehead atoms. The molecule has 0 spiro atoms. The van der Waals surface area contributed by atoms with E-state index in [2.05, 4.69) is 18.7 Å². The summed E-state index contributed by atoms with van der Waals surface area (Å²) in [5.41, 5.74) is 0.